The van der Waals surface area contributed by atoms with Gasteiger partial charge in [0.15, 0.2) is 11.6 Å². The molecule has 19 heavy (non-hydrogen) atoms. The lowest BCUT2D eigenvalue weighted by Gasteiger charge is -2.24. The van der Waals surface area contributed by atoms with Gasteiger partial charge in [-0.1, -0.05) is 6.07 Å². The van der Waals surface area contributed by atoms with E-state index in [0.29, 0.717) is 5.95 Å². The fourth-order valence-corrected chi connectivity index (χ4v) is 2.32. The van der Waals surface area contributed by atoms with E-state index in [0.717, 1.165) is 18.5 Å². The summed E-state index contributed by atoms with van der Waals surface area (Å²) in [6.07, 6.45) is 0.793. The summed E-state index contributed by atoms with van der Waals surface area (Å²) in [5, 5.41) is 7.26. The van der Waals surface area contributed by atoms with Crippen LogP contribution in [0.1, 0.15) is 18.0 Å². The maximum Gasteiger partial charge on any atom is 0.241 e. The van der Waals surface area contributed by atoms with E-state index in [1.54, 1.807) is 10.7 Å². The summed E-state index contributed by atoms with van der Waals surface area (Å²) in [6, 6.07) is 4.85. The van der Waals surface area contributed by atoms with Gasteiger partial charge in [0.05, 0.1) is 13.2 Å². The van der Waals surface area contributed by atoms with Gasteiger partial charge in [-0.25, -0.2) is 9.07 Å². The molecule has 1 aromatic heterocycles. The van der Waals surface area contributed by atoms with Crippen molar-refractivity contribution in [2.45, 2.75) is 12.5 Å². The molecule has 0 saturated heterocycles. The Kier molecular flexibility index (Phi) is 2.73. The Hall–Kier alpha value is -2.31. The second kappa shape index (κ2) is 4.42. The summed E-state index contributed by atoms with van der Waals surface area (Å²) in [6.45, 7) is 0.746. The maximum absolute atomic E-state index is 13.8. The van der Waals surface area contributed by atoms with Crippen LogP contribution in [0.15, 0.2) is 18.2 Å². The Bertz CT molecular complexity index is 612. The van der Waals surface area contributed by atoms with Crippen LogP contribution in [0.25, 0.3) is 0 Å². The first-order valence-corrected chi connectivity index (χ1v) is 5.98. The molecular weight excluding hydrogens is 249 g/mol. The van der Waals surface area contributed by atoms with Crippen LogP contribution in [0.5, 0.6) is 5.75 Å². The predicted octanol–water partition coefficient (Wildman–Crippen LogP) is 1.41. The maximum atomic E-state index is 13.8. The third-order valence-corrected chi connectivity index (χ3v) is 3.20. The Morgan fingerprint density at radius 2 is 2.37 bits per heavy atom. The predicted molar refractivity (Wildman–Crippen MR) is 68.6 cm³/mol. The number of benzene rings is 1. The van der Waals surface area contributed by atoms with E-state index in [9.17, 15) is 4.39 Å². The molecule has 0 saturated carbocycles. The fraction of sp³-hybridized carbons (Fsp3) is 0.333. The molecule has 2 aromatic rings. The lowest BCUT2D eigenvalue weighted by Crippen LogP contribution is -2.24. The molecule has 2 heterocycles. The zero-order valence-corrected chi connectivity index (χ0v) is 10.4. The van der Waals surface area contributed by atoms with Crippen LogP contribution >= 0.6 is 0 Å². The van der Waals surface area contributed by atoms with Gasteiger partial charge in [-0.05, 0) is 24.1 Å². The van der Waals surface area contributed by atoms with E-state index < -0.39 is 0 Å². The standard InChI is InChI=1S/C12H14FN5O/c1-19-10-3-2-7(6-8(10)13)9-4-5-15-12-16-11(14)17-18(9)12/h2-3,6,9H,4-5H2,1H3,(H3,14,15,16,17). The van der Waals surface area contributed by atoms with Crippen molar-refractivity contribution < 1.29 is 9.13 Å². The molecule has 0 fully saturated rings. The van der Waals surface area contributed by atoms with E-state index in [-0.39, 0.29) is 23.6 Å². The Balaban J connectivity index is 2.01. The molecule has 0 aliphatic carbocycles. The topological polar surface area (TPSA) is 78.0 Å². The van der Waals surface area contributed by atoms with Crippen LogP contribution in [-0.2, 0) is 0 Å². The number of rotatable bonds is 2. The van der Waals surface area contributed by atoms with Crippen LogP contribution < -0.4 is 15.8 Å². The van der Waals surface area contributed by atoms with Crippen LogP contribution in [0.4, 0.5) is 16.3 Å². The Labute approximate surface area is 109 Å². The van der Waals surface area contributed by atoms with Crippen molar-refractivity contribution >= 4 is 11.9 Å². The minimum Gasteiger partial charge on any atom is -0.494 e. The first-order chi connectivity index (χ1) is 9.19. The van der Waals surface area contributed by atoms with E-state index >= 15 is 0 Å². The molecule has 1 aliphatic heterocycles. The minimum absolute atomic E-state index is 0.0681. The number of methoxy groups -OCH3 is 1. The molecule has 0 radical (unpaired) electrons. The third-order valence-electron chi connectivity index (χ3n) is 3.20. The molecule has 3 rings (SSSR count). The minimum atomic E-state index is -0.381. The van der Waals surface area contributed by atoms with Gasteiger partial charge in [-0.2, -0.15) is 4.98 Å². The molecule has 1 aliphatic rings. The summed E-state index contributed by atoms with van der Waals surface area (Å²) in [4.78, 5) is 4.08. The van der Waals surface area contributed by atoms with Crippen molar-refractivity contribution in [3.8, 4) is 5.75 Å². The number of nitrogens with one attached hydrogen (secondary N) is 1. The molecule has 6 nitrogen and oxygen atoms in total. The van der Waals surface area contributed by atoms with Gasteiger partial charge < -0.3 is 15.8 Å². The van der Waals surface area contributed by atoms with Gasteiger partial charge >= 0.3 is 0 Å². The first-order valence-electron chi connectivity index (χ1n) is 5.98. The molecule has 100 valence electrons. The second-order valence-electron chi connectivity index (χ2n) is 4.36. The van der Waals surface area contributed by atoms with Gasteiger partial charge in [0.1, 0.15) is 0 Å². The van der Waals surface area contributed by atoms with Crippen LogP contribution in [-0.4, -0.2) is 28.4 Å². The lowest BCUT2D eigenvalue weighted by molar-refractivity contribution is 0.384. The Morgan fingerprint density at radius 1 is 1.53 bits per heavy atom. The number of nitrogens with zero attached hydrogens (tertiary/aromatic N) is 3. The molecule has 0 spiro atoms. The summed E-state index contributed by atoms with van der Waals surface area (Å²) in [5.41, 5.74) is 6.42. The summed E-state index contributed by atoms with van der Waals surface area (Å²) in [7, 11) is 1.44. The molecule has 7 heteroatoms. The molecule has 1 unspecified atom stereocenters. The highest BCUT2D eigenvalue weighted by atomic mass is 19.1. The molecule has 1 atom stereocenters. The number of halogens is 1. The zero-order chi connectivity index (χ0) is 13.4. The lowest BCUT2D eigenvalue weighted by atomic mass is 10.0. The molecule has 0 amide bonds. The number of hydrogen-bond donors (Lipinski definition) is 2. The van der Waals surface area contributed by atoms with Gasteiger partial charge in [-0.3, -0.25) is 0 Å². The van der Waals surface area contributed by atoms with E-state index in [1.807, 2.05) is 6.07 Å². The third kappa shape index (κ3) is 1.96. The van der Waals surface area contributed by atoms with Gasteiger partial charge in [-0.15, -0.1) is 5.10 Å². The van der Waals surface area contributed by atoms with Crippen molar-refractivity contribution in [1.29, 1.82) is 0 Å². The van der Waals surface area contributed by atoms with Crippen molar-refractivity contribution in [1.82, 2.24) is 14.8 Å². The largest absolute Gasteiger partial charge is 0.494 e. The van der Waals surface area contributed by atoms with Gasteiger partial charge in [0.25, 0.3) is 0 Å². The van der Waals surface area contributed by atoms with Crippen LogP contribution in [0.3, 0.4) is 0 Å². The monoisotopic (exact) mass is 263 g/mol. The number of hydrogen-bond acceptors (Lipinski definition) is 5. The van der Waals surface area contributed by atoms with E-state index in [1.165, 1.54) is 13.2 Å². The molecule has 3 N–H and O–H groups in total. The number of ether oxygens (including phenoxy) is 1. The number of anilines is 2. The fourth-order valence-electron chi connectivity index (χ4n) is 2.32. The molecular formula is C12H14FN5O. The number of nitrogens with two attached hydrogens (primary N) is 1. The summed E-state index contributed by atoms with van der Waals surface area (Å²) in [5.74, 6) is 0.678. The van der Waals surface area contributed by atoms with Crippen molar-refractivity contribution in [2.75, 3.05) is 24.7 Å². The van der Waals surface area contributed by atoms with Crippen molar-refractivity contribution in [2.24, 2.45) is 0 Å². The molecule has 1 aromatic carbocycles. The quantitative estimate of drug-likeness (QED) is 0.856. The van der Waals surface area contributed by atoms with Crippen molar-refractivity contribution in [3.63, 3.8) is 0 Å². The molecule has 0 bridgehead atoms. The average Bonchev–Trinajstić information content (AvgIpc) is 2.78. The van der Waals surface area contributed by atoms with Gasteiger partial charge in [0, 0.05) is 6.54 Å². The summed E-state index contributed by atoms with van der Waals surface area (Å²) < 4.78 is 20.4. The smallest absolute Gasteiger partial charge is 0.241 e. The van der Waals surface area contributed by atoms with Crippen LogP contribution in [0, 0.1) is 5.82 Å². The Morgan fingerprint density at radius 3 is 3.11 bits per heavy atom. The zero-order valence-electron chi connectivity index (χ0n) is 10.4. The highest BCUT2D eigenvalue weighted by Crippen LogP contribution is 2.30. The number of nitrogen functional groups attached to an aromatic ring is 1. The van der Waals surface area contributed by atoms with Crippen molar-refractivity contribution in [3.05, 3.63) is 29.6 Å². The normalized spacial score (nSPS) is 17.7. The van der Waals surface area contributed by atoms with E-state index in [2.05, 4.69) is 15.4 Å². The number of aromatic nitrogens is 3. The average molecular weight is 263 g/mol. The van der Waals surface area contributed by atoms with Crippen LogP contribution in [0.2, 0.25) is 0 Å². The first kappa shape index (κ1) is 11.8. The second-order valence-corrected chi connectivity index (χ2v) is 4.36. The highest BCUT2D eigenvalue weighted by Gasteiger charge is 2.24. The van der Waals surface area contributed by atoms with Gasteiger partial charge in [0.2, 0.25) is 11.9 Å². The van der Waals surface area contributed by atoms with E-state index in [4.69, 9.17) is 10.5 Å². The highest BCUT2D eigenvalue weighted by molar-refractivity contribution is 5.38. The SMILES string of the molecule is COc1ccc(C2CCNc3nc(N)nn32)cc1F. The summed E-state index contributed by atoms with van der Waals surface area (Å²) >= 11 is 0. The number of fused-ring (bicyclic) bond motifs is 1.